The average Bonchev–Trinajstić information content (AvgIpc) is 2.70. The van der Waals surface area contributed by atoms with Gasteiger partial charge < -0.3 is 18.6 Å². The molecule has 0 N–H and O–H groups in total. The van der Waals surface area contributed by atoms with Crippen LogP contribution in [0.1, 0.15) is 23.6 Å². The second-order valence-corrected chi connectivity index (χ2v) is 6.45. The summed E-state index contributed by atoms with van der Waals surface area (Å²) in [6.45, 7) is 3.50. The number of allylic oxidation sites excluding steroid dienone is 1. The molecule has 3 rings (SSSR count). The minimum absolute atomic E-state index is 0.0509. The van der Waals surface area contributed by atoms with E-state index in [0.29, 0.717) is 22.6 Å². The molecule has 0 radical (unpaired) electrons. The summed E-state index contributed by atoms with van der Waals surface area (Å²) in [6, 6.07) is 12.3. The van der Waals surface area contributed by atoms with Crippen molar-refractivity contribution >= 4 is 23.0 Å². The third-order valence-corrected chi connectivity index (χ3v) is 4.27. The van der Waals surface area contributed by atoms with Crippen molar-refractivity contribution in [2.45, 2.75) is 20.5 Å². The van der Waals surface area contributed by atoms with Gasteiger partial charge in [-0.1, -0.05) is 30.4 Å². The maximum atomic E-state index is 12.1. The molecule has 29 heavy (non-hydrogen) atoms. The van der Waals surface area contributed by atoms with Crippen LogP contribution < -0.4 is 15.1 Å². The van der Waals surface area contributed by atoms with E-state index in [9.17, 15) is 9.59 Å². The van der Waals surface area contributed by atoms with E-state index in [4.69, 9.17) is 18.6 Å². The molecule has 2 aromatic carbocycles. The van der Waals surface area contributed by atoms with Gasteiger partial charge in [-0.2, -0.15) is 0 Å². The molecule has 1 aromatic heterocycles. The van der Waals surface area contributed by atoms with Crippen LogP contribution in [0.5, 0.6) is 11.5 Å². The molecule has 0 unspecified atom stereocenters. The molecule has 0 aliphatic heterocycles. The van der Waals surface area contributed by atoms with Crippen molar-refractivity contribution in [3.63, 3.8) is 0 Å². The molecular weight excluding hydrogens is 372 g/mol. The number of aryl methyl sites for hydroxylation is 1. The lowest BCUT2D eigenvalue weighted by Crippen LogP contribution is -2.15. The molecule has 0 amide bonds. The van der Waals surface area contributed by atoms with Gasteiger partial charge in [0, 0.05) is 17.0 Å². The summed E-state index contributed by atoms with van der Waals surface area (Å²) < 4.78 is 21.3. The van der Waals surface area contributed by atoms with Gasteiger partial charge in [0.25, 0.3) is 0 Å². The Balaban J connectivity index is 1.65. The zero-order valence-corrected chi connectivity index (χ0v) is 16.6. The highest BCUT2D eigenvalue weighted by molar-refractivity contribution is 5.81. The Hall–Kier alpha value is -3.54. The highest BCUT2D eigenvalue weighted by Crippen LogP contribution is 2.28. The van der Waals surface area contributed by atoms with Crippen LogP contribution in [0.4, 0.5) is 0 Å². The van der Waals surface area contributed by atoms with E-state index in [0.717, 1.165) is 16.5 Å². The number of carbonyl (C=O) groups is 1. The Morgan fingerprint density at radius 1 is 1.10 bits per heavy atom. The van der Waals surface area contributed by atoms with Crippen molar-refractivity contribution in [2.75, 3.05) is 13.7 Å². The molecule has 0 saturated carbocycles. The molecular formula is C23H22O6. The zero-order chi connectivity index (χ0) is 20.8. The van der Waals surface area contributed by atoms with Crippen molar-refractivity contribution < 1.29 is 23.4 Å². The first-order chi connectivity index (χ1) is 14.0. The van der Waals surface area contributed by atoms with E-state index in [1.54, 1.807) is 12.1 Å². The number of ether oxygens (including phenoxy) is 3. The predicted molar refractivity (Wildman–Crippen MR) is 110 cm³/mol. The summed E-state index contributed by atoms with van der Waals surface area (Å²) in [5.74, 6) is 0.410. The third kappa shape index (κ3) is 5.04. The van der Waals surface area contributed by atoms with Crippen molar-refractivity contribution in [3.8, 4) is 11.5 Å². The highest BCUT2D eigenvalue weighted by Gasteiger charge is 2.12. The minimum atomic E-state index is -0.557. The van der Waals surface area contributed by atoms with Gasteiger partial charge in [0.15, 0.2) is 18.1 Å². The summed E-state index contributed by atoms with van der Waals surface area (Å²) in [6.07, 6.45) is 3.85. The monoisotopic (exact) mass is 394 g/mol. The average molecular weight is 394 g/mol. The van der Waals surface area contributed by atoms with E-state index < -0.39 is 11.6 Å². The van der Waals surface area contributed by atoms with Crippen molar-refractivity contribution in [2.24, 2.45) is 0 Å². The van der Waals surface area contributed by atoms with Gasteiger partial charge in [-0.25, -0.2) is 9.59 Å². The summed E-state index contributed by atoms with van der Waals surface area (Å²) in [4.78, 5) is 23.9. The van der Waals surface area contributed by atoms with Crippen LogP contribution in [0.3, 0.4) is 0 Å². The van der Waals surface area contributed by atoms with Crippen molar-refractivity contribution in [1.29, 1.82) is 0 Å². The summed E-state index contributed by atoms with van der Waals surface area (Å²) >= 11 is 0. The fraction of sp³-hybridized carbons (Fsp3) is 0.217. The third-order valence-electron chi connectivity index (χ3n) is 4.27. The van der Waals surface area contributed by atoms with Gasteiger partial charge in [0.1, 0.15) is 12.2 Å². The number of fused-ring (bicyclic) bond motifs is 1. The number of carbonyl (C=O) groups excluding carboxylic acids is 1. The lowest BCUT2D eigenvalue weighted by Gasteiger charge is -2.11. The van der Waals surface area contributed by atoms with E-state index in [1.165, 1.54) is 13.2 Å². The Labute approximate surface area is 168 Å². The van der Waals surface area contributed by atoms with E-state index in [2.05, 4.69) is 0 Å². The van der Waals surface area contributed by atoms with E-state index in [-0.39, 0.29) is 13.2 Å². The standard InChI is InChI=1S/C23H22O6/c1-4-5-16-7-9-19(21(11-16)26-3)27-14-23(25)28-13-17-12-22(24)29-20-10-15(2)6-8-18(17)20/h4-12H,13-14H2,1-3H3/b5-4+. The first-order valence-corrected chi connectivity index (χ1v) is 9.12. The van der Waals surface area contributed by atoms with Gasteiger partial charge in [-0.3, -0.25) is 0 Å². The van der Waals surface area contributed by atoms with Crippen LogP contribution in [0.2, 0.25) is 0 Å². The molecule has 0 fully saturated rings. The second-order valence-electron chi connectivity index (χ2n) is 6.45. The van der Waals surface area contributed by atoms with Crippen LogP contribution in [-0.2, 0) is 16.1 Å². The molecule has 0 bridgehead atoms. The first kappa shape index (κ1) is 20.2. The fourth-order valence-corrected chi connectivity index (χ4v) is 2.89. The fourth-order valence-electron chi connectivity index (χ4n) is 2.89. The van der Waals surface area contributed by atoms with Crippen LogP contribution in [0.15, 0.2) is 57.8 Å². The molecule has 6 nitrogen and oxygen atoms in total. The Morgan fingerprint density at radius 3 is 2.69 bits per heavy atom. The maximum Gasteiger partial charge on any atom is 0.344 e. The lowest BCUT2D eigenvalue weighted by molar-refractivity contribution is -0.147. The highest BCUT2D eigenvalue weighted by atomic mass is 16.6. The minimum Gasteiger partial charge on any atom is -0.493 e. The number of benzene rings is 2. The summed E-state index contributed by atoms with van der Waals surface area (Å²) in [7, 11) is 1.54. The van der Waals surface area contributed by atoms with Crippen LogP contribution in [0.25, 0.3) is 17.0 Å². The van der Waals surface area contributed by atoms with E-state index >= 15 is 0 Å². The Morgan fingerprint density at radius 2 is 1.93 bits per heavy atom. The number of hydrogen-bond acceptors (Lipinski definition) is 6. The van der Waals surface area contributed by atoms with Crippen LogP contribution in [-0.4, -0.2) is 19.7 Å². The lowest BCUT2D eigenvalue weighted by atomic mass is 10.1. The van der Waals surface area contributed by atoms with E-state index in [1.807, 2.05) is 50.3 Å². The maximum absolute atomic E-state index is 12.1. The Bertz CT molecular complexity index is 1110. The molecule has 6 heteroatoms. The molecule has 3 aromatic rings. The molecule has 150 valence electrons. The van der Waals surface area contributed by atoms with Gasteiger partial charge in [0.2, 0.25) is 0 Å². The largest absolute Gasteiger partial charge is 0.493 e. The van der Waals surface area contributed by atoms with Gasteiger partial charge in [0.05, 0.1) is 7.11 Å². The molecule has 0 spiro atoms. The van der Waals surface area contributed by atoms with Crippen molar-refractivity contribution in [1.82, 2.24) is 0 Å². The van der Waals surface area contributed by atoms with Gasteiger partial charge in [-0.15, -0.1) is 0 Å². The smallest absolute Gasteiger partial charge is 0.344 e. The van der Waals surface area contributed by atoms with Crippen LogP contribution in [0, 0.1) is 6.92 Å². The predicted octanol–water partition coefficient (Wildman–Crippen LogP) is 4.27. The molecule has 0 atom stereocenters. The molecule has 0 aliphatic rings. The zero-order valence-electron chi connectivity index (χ0n) is 16.6. The van der Waals surface area contributed by atoms with Crippen LogP contribution >= 0.6 is 0 Å². The number of hydrogen-bond donors (Lipinski definition) is 0. The first-order valence-electron chi connectivity index (χ1n) is 9.12. The molecule has 1 heterocycles. The summed E-state index contributed by atoms with van der Waals surface area (Å²) in [5.41, 5.74) is 2.49. The Kier molecular flexibility index (Phi) is 6.34. The normalized spacial score (nSPS) is 11.0. The van der Waals surface area contributed by atoms with Gasteiger partial charge in [-0.05, 0) is 43.2 Å². The van der Waals surface area contributed by atoms with Crippen molar-refractivity contribution in [3.05, 3.63) is 75.7 Å². The van der Waals surface area contributed by atoms with Gasteiger partial charge >= 0.3 is 11.6 Å². The number of methoxy groups -OCH3 is 1. The number of esters is 1. The molecule has 0 saturated heterocycles. The quantitative estimate of drug-likeness (QED) is 0.440. The molecule has 0 aliphatic carbocycles. The SMILES string of the molecule is C/C=C/c1ccc(OCC(=O)OCc2cc(=O)oc3cc(C)ccc23)c(OC)c1. The second kappa shape index (κ2) is 9.10. The number of rotatable bonds is 7. The summed E-state index contributed by atoms with van der Waals surface area (Å²) in [5, 5.41) is 0.727. The topological polar surface area (TPSA) is 75.0 Å².